The Morgan fingerprint density at radius 2 is 2.12 bits per heavy atom. The molecule has 0 saturated carbocycles. The van der Waals surface area contributed by atoms with E-state index < -0.39 is 6.09 Å². The van der Waals surface area contributed by atoms with Gasteiger partial charge in [0.1, 0.15) is 11.6 Å². The smallest absolute Gasteiger partial charge is 0.407 e. The van der Waals surface area contributed by atoms with Gasteiger partial charge in [-0.15, -0.1) is 0 Å². The van der Waals surface area contributed by atoms with Crippen molar-refractivity contribution in [2.45, 2.75) is 6.54 Å². The highest BCUT2D eigenvalue weighted by molar-refractivity contribution is 5.65. The Labute approximate surface area is 98.9 Å². The van der Waals surface area contributed by atoms with Crippen LogP contribution in [0.1, 0.15) is 5.82 Å². The molecule has 1 aliphatic rings. The van der Waals surface area contributed by atoms with Gasteiger partial charge < -0.3 is 15.7 Å². The monoisotopic (exact) mass is 237 g/mol. The van der Waals surface area contributed by atoms with Crippen LogP contribution in [0.15, 0.2) is 12.3 Å². The first-order chi connectivity index (χ1) is 8.15. The van der Waals surface area contributed by atoms with Crippen LogP contribution < -0.4 is 5.73 Å². The van der Waals surface area contributed by atoms with Crippen molar-refractivity contribution in [3.63, 3.8) is 0 Å². The molecule has 3 N–H and O–H groups in total. The molecule has 0 spiro atoms. The number of carboxylic acid groups (broad SMARTS) is 1. The van der Waals surface area contributed by atoms with Crippen LogP contribution in [0.4, 0.5) is 10.6 Å². The molecular formula is C10H15N5O2. The highest BCUT2D eigenvalue weighted by Crippen LogP contribution is 2.06. The van der Waals surface area contributed by atoms with E-state index in [1.54, 1.807) is 12.3 Å². The summed E-state index contributed by atoms with van der Waals surface area (Å²) in [7, 11) is 0. The molecule has 0 radical (unpaired) electrons. The molecule has 1 amide bonds. The fourth-order valence-corrected chi connectivity index (χ4v) is 1.79. The number of piperazine rings is 1. The number of carbonyl (C=O) groups is 1. The number of rotatable bonds is 2. The number of nitrogens with two attached hydrogens (primary N) is 1. The fourth-order valence-electron chi connectivity index (χ4n) is 1.79. The maximum absolute atomic E-state index is 10.7. The molecule has 1 aromatic heterocycles. The van der Waals surface area contributed by atoms with Crippen molar-refractivity contribution < 1.29 is 9.90 Å². The lowest BCUT2D eigenvalue weighted by Gasteiger charge is -2.32. The predicted octanol–water partition coefficient (Wildman–Crippen LogP) is -0.146. The molecule has 92 valence electrons. The first-order valence-electron chi connectivity index (χ1n) is 5.43. The SMILES string of the molecule is Nc1ccnc(CN2CCN(C(=O)O)CC2)n1. The predicted molar refractivity (Wildman–Crippen MR) is 61.3 cm³/mol. The van der Waals surface area contributed by atoms with E-state index in [1.165, 1.54) is 4.90 Å². The van der Waals surface area contributed by atoms with Gasteiger partial charge in [-0.2, -0.15) is 0 Å². The summed E-state index contributed by atoms with van der Waals surface area (Å²) >= 11 is 0. The zero-order valence-corrected chi connectivity index (χ0v) is 9.41. The van der Waals surface area contributed by atoms with E-state index in [9.17, 15) is 4.79 Å². The Kier molecular flexibility index (Phi) is 3.38. The summed E-state index contributed by atoms with van der Waals surface area (Å²) in [5.74, 6) is 1.13. The quantitative estimate of drug-likeness (QED) is 0.743. The topological polar surface area (TPSA) is 95.6 Å². The van der Waals surface area contributed by atoms with Crippen LogP contribution in [0.25, 0.3) is 0 Å². The number of nitrogens with zero attached hydrogens (tertiary/aromatic N) is 4. The van der Waals surface area contributed by atoms with E-state index in [0.717, 1.165) is 0 Å². The van der Waals surface area contributed by atoms with Crippen molar-refractivity contribution in [2.75, 3.05) is 31.9 Å². The molecule has 1 fully saturated rings. The van der Waals surface area contributed by atoms with Crippen molar-refractivity contribution in [1.82, 2.24) is 19.8 Å². The summed E-state index contributed by atoms with van der Waals surface area (Å²) in [5.41, 5.74) is 5.57. The van der Waals surface area contributed by atoms with Crippen molar-refractivity contribution >= 4 is 11.9 Å². The summed E-state index contributed by atoms with van der Waals surface area (Å²) in [6.45, 7) is 3.06. The van der Waals surface area contributed by atoms with Gasteiger partial charge in [0.15, 0.2) is 0 Å². The zero-order chi connectivity index (χ0) is 12.3. The molecule has 0 atom stereocenters. The molecule has 1 aromatic rings. The molecular weight excluding hydrogens is 222 g/mol. The summed E-state index contributed by atoms with van der Waals surface area (Å²) in [6, 6.07) is 1.64. The van der Waals surface area contributed by atoms with Gasteiger partial charge in [0, 0.05) is 32.4 Å². The lowest BCUT2D eigenvalue weighted by atomic mass is 10.3. The first kappa shape index (κ1) is 11.6. The normalized spacial score (nSPS) is 17.1. The number of hydrogen-bond acceptors (Lipinski definition) is 5. The maximum atomic E-state index is 10.7. The third-order valence-corrected chi connectivity index (χ3v) is 2.73. The highest BCUT2D eigenvalue weighted by Gasteiger charge is 2.20. The van der Waals surface area contributed by atoms with E-state index in [-0.39, 0.29) is 0 Å². The van der Waals surface area contributed by atoms with Crippen LogP contribution >= 0.6 is 0 Å². The van der Waals surface area contributed by atoms with Crippen molar-refractivity contribution in [3.05, 3.63) is 18.1 Å². The molecule has 2 heterocycles. The fraction of sp³-hybridized carbons (Fsp3) is 0.500. The van der Waals surface area contributed by atoms with Crippen LogP contribution in [-0.4, -0.2) is 57.1 Å². The third-order valence-electron chi connectivity index (χ3n) is 2.73. The van der Waals surface area contributed by atoms with Crippen LogP contribution in [-0.2, 0) is 6.54 Å². The molecule has 0 bridgehead atoms. The van der Waals surface area contributed by atoms with Crippen LogP contribution in [0.2, 0.25) is 0 Å². The molecule has 0 aliphatic carbocycles. The highest BCUT2D eigenvalue weighted by atomic mass is 16.4. The minimum Gasteiger partial charge on any atom is -0.465 e. The van der Waals surface area contributed by atoms with Gasteiger partial charge in [-0.25, -0.2) is 14.8 Å². The van der Waals surface area contributed by atoms with Crippen molar-refractivity contribution in [2.24, 2.45) is 0 Å². The summed E-state index contributed by atoms with van der Waals surface area (Å²) in [4.78, 5) is 22.5. The molecule has 17 heavy (non-hydrogen) atoms. The van der Waals surface area contributed by atoms with Gasteiger partial charge >= 0.3 is 6.09 Å². The van der Waals surface area contributed by atoms with Gasteiger partial charge in [0.25, 0.3) is 0 Å². The van der Waals surface area contributed by atoms with Gasteiger partial charge in [0.2, 0.25) is 0 Å². The molecule has 0 unspecified atom stereocenters. The Bertz CT molecular complexity index is 403. The molecule has 7 nitrogen and oxygen atoms in total. The molecule has 7 heteroatoms. The number of anilines is 1. The van der Waals surface area contributed by atoms with Gasteiger partial charge in [-0.1, -0.05) is 0 Å². The lowest BCUT2D eigenvalue weighted by Crippen LogP contribution is -2.47. The summed E-state index contributed by atoms with van der Waals surface area (Å²) in [6.07, 6.45) is 0.774. The number of aromatic nitrogens is 2. The zero-order valence-electron chi connectivity index (χ0n) is 9.41. The third kappa shape index (κ3) is 3.04. The minimum absolute atomic E-state index is 0.458. The molecule has 1 aliphatic heterocycles. The average Bonchev–Trinajstić information content (AvgIpc) is 2.29. The van der Waals surface area contributed by atoms with Crippen molar-refractivity contribution in [1.29, 1.82) is 0 Å². The van der Waals surface area contributed by atoms with Gasteiger partial charge in [-0.3, -0.25) is 4.90 Å². The molecule has 0 aromatic carbocycles. The number of nitrogen functional groups attached to an aromatic ring is 1. The Hall–Kier alpha value is -1.89. The second-order valence-electron chi connectivity index (χ2n) is 3.94. The Morgan fingerprint density at radius 1 is 1.41 bits per heavy atom. The van der Waals surface area contributed by atoms with E-state index >= 15 is 0 Å². The minimum atomic E-state index is -0.857. The average molecular weight is 237 g/mol. The Balaban J connectivity index is 1.88. The van der Waals surface area contributed by atoms with Crippen LogP contribution in [0, 0.1) is 0 Å². The largest absolute Gasteiger partial charge is 0.465 e. The van der Waals surface area contributed by atoms with E-state index in [1.807, 2.05) is 0 Å². The van der Waals surface area contributed by atoms with E-state index in [4.69, 9.17) is 10.8 Å². The molecule has 2 rings (SSSR count). The van der Waals surface area contributed by atoms with Crippen molar-refractivity contribution in [3.8, 4) is 0 Å². The lowest BCUT2D eigenvalue weighted by molar-refractivity contribution is 0.102. The van der Waals surface area contributed by atoms with E-state index in [2.05, 4.69) is 14.9 Å². The molecule has 1 saturated heterocycles. The van der Waals surface area contributed by atoms with Gasteiger partial charge in [0.05, 0.1) is 6.54 Å². The second kappa shape index (κ2) is 4.96. The van der Waals surface area contributed by atoms with Crippen LogP contribution in [0.5, 0.6) is 0 Å². The number of amides is 1. The van der Waals surface area contributed by atoms with E-state index in [0.29, 0.717) is 44.4 Å². The van der Waals surface area contributed by atoms with Gasteiger partial charge in [-0.05, 0) is 6.07 Å². The first-order valence-corrected chi connectivity index (χ1v) is 5.43. The summed E-state index contributed by atoms with van der Waals surface area (Å²) in [5, 5.41) is 8.82. The second-order valence-corrected chi connectivity index (χ2v) is 3.94. The number of hydrogen-bond donors (Lipinski definition) is 2. The standard InChI is InChI=1S/C10H15N5O2/c11-8-1-2-12-9(13-8)7-14-3-5-15(6-4-14)10(16)17/h1-2H,3-7H2,(H,16,17)(H2,11,12,13). The summed E-state index contributed by atoms with van der Waals surface area (Å²) < 4.78 is 0. The van der Waals surface area contributed by atoms with Crippen LogP contribution in [0.3, 0.4) is 0 Å². The Morgan fingerprint density at radius 3 is 2.71 bits per heavy atom. The maximum Gasteiger partial charge on any atom is 0.407 e.